The van der Waals surface area contributed by atoms with Crippen LogP contribution in [-0.4, -0.2) is 25.5 Å². The molecule has 0 radical (unpaired) electrons. The van der Waals surface area contributed by atoms with E-state index in [1.807, 2.05) is 26.0 Å². The molecule has 0 saturated heterocycles. The molecule has 96 valence electrons. The second-order valence-electron chi connectivity index (χ2n) is 3.78. The summed E-state index contributed by atoms with van der Waals surface area (Å²) in [6.45, 7) is 5.10. The third kappa shape index (κ3) is 5.17. The summed E-state index contributed by atoms with van der Waals surface area (Å²) in [5.74, 6) is 0. The lowest BCUT2D eigenvalue weighted by molar-refractivity contribution is -0.148. The molecule has 0 heterocycles. The molecule has 0 fully saturated rings. The van der Waals surface area contributed by atoms with Gasteiger partial charge in [0.25, 0.3) is 0 Å². The number of benzene rings is 1. The molecule has 1 rings (SSSR count). The Balaban J connectivity index is 2.59. The molecule has 4 heteroatoms. The van der Waals surface area contributed by atoms with Crippen molar-refractivity contribution in [2.75, 3.05) is 13.2 Å². The van der Waals surface area contributed by atoms with E-state index in [0.717, 1.165) is 10.9 Å². The Labute approximate surface area is 111 Å². The van der Waals surface area contributed by atoms with Crippen LogP contribution in [0.5, 0.6) is 0 Å². The van der Waals surface area contributed by atoms with Crippen molar-refractivity contribution in [3.05, 3.63) is 34.3 Å². The summed E-state index contributed by atoms with van der Waals surface area (Å²) < 4.78 is 12.0. The zero-order valence-electron chi connectivity index (χ0n) is 10.4. The number of ether oxygens (including phenoxy) is 2. The molecule has 1 aromatic rings. The molecule has 0 aliphatic carbocycles. The summed E-state index contributed by atoms with van der Waals surface area (Å²) in [5, 5.41) is 0. The first-order valence-corrected chi connectivity index (χ1v) is 6.69. The maximum Gasteiger partial charge on any atom is 0.172 e. The second kappa shape index (κ2) is 7.82. The van der Waals surface area contributed by atoms with Gasteiger partial charge in [-0.25, -0.2) is 0 Å². The first-order valence-electron chi connectivity index (χ1n) is 5.90. The Morgan fingerprint density at radius 1 is 1.24 bits per heavy atom. The maximum atomic E-state index is 6.11. The van der Waals surface area contributed by atoms with Crippen LogP contribution < -0.4 is 5.73 Å². The Hall–Kier alpha value is -0.420. The zero-order valence-corrected chi connectivity index (χ0v) is 11.9. The molecule has 0 saturated carbocycles. The van der Waals surface area contributed by atoms with Crippen LogP contribution in [0.3, 0.4) is 0 Å². The van der Waals surface area contributed by atoms with Gasteiger partial charge in [0.05, 0.1) is 6.04 Å². The van der Waals surface area contributed by atoms with Crippen LogP contribution in [-0.2, 0) is 15.9 Å². The van der Waals surface area contributed by atoms with E-state index in [2.05, 4.69) is 28.1 Å². The van der Waals surface area contributed by atoms with Gasteiger partial charge in [0.15, 0.2) is 6.29 Å². The number of halogens is 1. The maximum absolute atomic E-state index is 6.11. The Kier molecular flexibility index (Phi) is 6.73. The SMILES string of the molecule is CCOC(OCC)C(N)Cc1cccc(Br)c1. The third-order valence-electron chi connectivity index (χ3n) is 2.37. The van der Waals surface area contributed by atoms with Crippen LogP contribution in [0.1, 0.15) is 19.4 Å². The highest BCUT2D eigenvalue weighted by Crippen LogP contribution is 2.14. The van der Waals surface area contributed by atoms with Crippen molar-refractivity contribution >= 4 is 15.9 Å². The third-order valence-corrected chi connectivity index (χ3v) is 2.87. The van der Waals surface area contributed by atoms with Crippen LogP contribution in [0.25, 0.3) is 0 Å². The standard InChI is InChI=1S/C13H20BrNO2/c1-3-16-13(17-4-2)12(15)9-10-6-5-7-11(14)8-10/h5-8,12-13H,3-4,9,15H2,1-2H3. The smallest absolute Gasteiger partial charge is 0.172 e. The molecule has 0 aliphatic heterocycles. The minimum atomic E-state index is -0.330. The molecule has 1 aromatic carbocycles. The molecule has 17 heavy (non-hydrogen) atoms. The first kappa shape index (κ1) is 14.6. The number of hydrogen-bond donors (Lipinski definition) is 1. The molecule has 0 spiro atoms. The minimum Gasteiger partial charge on any atom is -0.351 e. The van der Waals surface area contributed by atoms with Crippen molar-refractivity contribution in [1.82, 2.24) is 0 Å². The Morgan fingerprint density at radius 2 is 1.88 bits per heavy atom. The van der Waals surface area contributed by atoms with Crippen molar-refractivity contribution in [3.8, 4) is 0 Å². The van der Waals surface area contributed by atoms with Crippen LogP contribution >= 0.6 is 15.9 Å². The Morgan fingerprint density at radius 3 is 2.41 bits per heavy atom. The van der Waals surface area contributed by atoms with Crippen LogP contribution in [0.2, 0.25) is 0 Å². The molecule has 0 aromatic heterocycles. The fourth-order valence-electron chi connectivity index (χ4n) is 1.66. The van der Waals surface area contributed by atoms with E-state index in [1.54, 1.807) is 0 Å². The van der Waals surface area contributed by atoms with E-state index in [0.29, 0.717) is 13.2 Å². The van der Waals surface area contributed by atoms with Gasteiger partial charge in [-0.05, 0) is 38.0 Å². The normalized spacial score (nSPS) is 13.0. The van der Waals surface area contributed by atoms with E-state index < -0.39 is 0 Å². The fraction of sp³-hybridized carbons (Fsp3) is 0.538. The first-order chi connectivity index (χ1) is 8.17. The van der Waals surface area contributed by atoms with Gasteiger partial charge in [-0.3, -0.25) is 0 Å². The monoisotopic (exact) mass is 301 g/mol. The van der Waals surface area contributed by atoms with E-state index in [9.17, 15) is 0 Å². The molecule has 2 N–H and O–H groups in total. The van der Waals surface area contributed by atoms with Gasteiger partial charge < -0.3 is 15.2 Å². The van der Waals surface area contributed by atoms with Crippen LogP contribution in [0.15, 0.2) is 28.7 Å². The van der Waals surface area contributed by atoms with Gasteiger partial charge in [0.1, 0.15) is 0 Å². The van der Waals surface area contributed by atoms with Crippen LogP contribution in [0, 0.1) is 0 Å². The summed E-state index contributed by atoms with van der Waals surface area (Å²) in [7, 11) is 0. The lowest BCUT2D eigenvalue weighted by Gasteiger charge is -2.23. The topological polar surface area (TPSA) is 44.5 Å². The van der Waals surface area contributed by atoms with Gasteiger partial charge in [-0.15, -0.1) is 0 Å². The minimum absolute atomic E-state index is 0.149. The number of nitrogens with two attached hydrogens (primary N) is 1. The van der Waals surface area contributed by atoms with Crippen molar-refractivity contribution < 1.29 is 9.47 Å². The zero-order chi connectivity index (χ0) is 12.7. The quantitative estimate of drug-likeness (QED) is 0.788. The summed E-state index contributed by atoms with van der Waals surface area (Å²) >= 11 is 3.45. The average molecular weight is 302 g/mol. The highest BCUT2D eigenvalue weighted by molar-refractivity contribution is 9.10. The molecule has 1 atom stereocenters. The molecule has 1 unspecified atom stereocenters. The van der Waals surface area contributed by atoms with Crippen molar-refractivity contribution in [2.45, 2.75) is 32.6 Å². The lowest BCUT2D eigenvalue weighted by atomic mass is 10.1. The average Bonchev–Trinajstić information content (AvgIpc) is 2.28. The number of rotatable bonds is 7. The predicted octanol–water partition coefficient (Wildman–Crippen LogP) is 2.72. The van der Waals surface area contributed by atoms with E-state index >= 15 is 0 Å². The molecule has 0 bridgehead atoms. The van der Waals surface area contributed by atoms with E-state index in [4.69, 9.17) is 15.2 Å². The van der Waals surface area contributed by atoms with Gasteiger partial charge in [-0.1, -0.05) is 28.1 Å². The molecule has 3 nitrogen and oxygen atoms in total. The Bertz CT molecular complexity index is 327. The van der Waals surface area contributed by atoms with E-state index in [1.165, 1.54) is 5.56 Å². The largest absolute Gasteiger partial charge is 0.351 e. The summed E-state index contributed by atoms with van der Waals surface area (Å²) in [4.78, 5) is 0. The molecule has 0 aliphatic rings. The van der Waals surface area contributed by atoms with Crippen molar-refractivity contribution in [3.63, 3.8) is 0 Å². The second-order valence-corrected chi connectivity index (χ2v) is 4.69. The molecular formula is C13H20BrNO2. The highest BCUT2D eigenvalue weighted by Gasteiger charge is 2.18. The van der Waals surface area contributed by atoms with E-state index in [-0.39, 0.29) is 12.3 Å². The van der Waals surface area contributed by atoms with Crippen LogP contribution in [0.4, 0.5) is 0 Å². The molecule has 0 amide bonds. The van der Waals surface area contributed by atoms with Crippen molar-refractivity contribution in [2.24, 2.45) is 5.73 Å². The fourth-order valence-corrected chi connectivity index (χ4v) is 2.10. The summed E-state index contributed by atoms with van der Waals surface area (Å²) in [6.07, 6.45) is 0.411. The van der Waals surface area contributed by atoms with Gasteiger partial charge in [-0.2, -0.15) is 0 Å². The summed E-state index contributed by atoms with van der Waals surface area (Å²) in [5.41, 5.74) is 7.28. The summed E-state index contributed by atoms with van der Waals surface area (Å²) in [6, 6.07) is 7.97. The van der Waals surface area contributed by atoms with Crippen molar-refractivity contribution in [1.29, 1.82) is 0 Å². The molecular weight excluding hydrogens is 282 g/mol. The predicted molar refractivity (Wildman–Crippen MR) is 72.9 cm³/mol. The lowest BCUT2D eigenvalue weighted by Crippen LogP contribution is -2.40. The van der Waals surface area contributed by atoms with Gasteiger partial charge >= 0.3 is 0 Å². The number of hydrogen-bond acceptors (Lipinski definition) is 3. The highest BCUT2D eigenvalue weighted by atomic mass is 79.9. The van der Waals surface area contributed by atoms with Gasteiger partial charge in [0.2, 0.25) is 0 Å². The van der Waals surface area contributed by atoms with Gasteiger partial charge in [0, 0.05) is 17.7 Å².